The van der Waals surface area contributed by atoms with E-state index < -0.39 is 11.6 Å². The highest BCUT2D eigenvalue weighted by molar-refractivity contribution is 9.10. The third kappa shape index (κ3) is 7.33. The molecule has 0 aliphatic rings. The minimum atomic E-state index is -0.666. The standard InChI is InChI=1S/C23H28BrClN2O3/c1-15-7-6-8-17(11-15)13-27(16(2)22(29)26-23(3,4)5)21(28)14-30-20-10-9-18(24)12-19(20)25/h6-12,16H,13-14H2,1-5H3,(H,26,29)/t16-/m0/s1. The molecule has 5 nitrogen and oxygen atoms in total. The largest absolute Gasteiger partial charge is 0.482 e. The summed E-state index contributed by atoms with van der Waals surface area (Å²) >= 11 is 9.52. The second kappa shape index (κ2) is 10.3. The lowest BCUT2D eigenvalue weighted by atomic mass is 10.1. The van der Waals surface area contributed by atoms with Gasteiger partial charge in [0, 0.05) is 16.6 Å². The number of aryl methyl sites for hydroxylation is 1. The molecule has 0 saturated carbocycles. The van der Waals surface area contributed by atoms with Gasteiger partial charge >= 0.3 is 0 Å². The zero-order valence-corrected chi connectivity index (χ0v) is 20.3. The highest BCUT2D eigenvalue weighted by atomic mass is 79.9. The van der Waals surface area contributed by atoms with E-state index in [-0.39, 0.29) is 18.4 Å². The predicted molar refractivity (Wildman–Crippen MR) is 124 cm³/mol. The molecule has 0 radical (unpaired) electrons. The van der Waals surface area contributed by atoms with Gasteiger partial charge in [-0.05, 0) is 58.4 Å². The molecule has 2 rings (SSSR count). The Hall–Kier alpha value is -2.05. The Balaban J connectivity index is 2.20. The third-order valence-corrected chi connectivity index (χ3v) is 5.13. The zero-order valence-electron chi connectivity index (χ0n) is 18.0. The van der Waals surface area contributed by atoms with Crippen LogP contribution in [-0.2, 0) is 16.1 Å². The Morgan fingerprint density at radius 1 is 1.20 bits per heavy atom. The molecule has 0 spiro atoms. The Kier molecular flexibility index (Phi) is 8.33. The minimum Gasteiger partial charge on any atom is -0.482 e. The maximum absolute atomic E-state index is 13.1. The number of hydrogen-bond donors (Lipinski definition) is 1. The summed E-state index contributed by atoms with van der Waals surface area (Å²) in [5.74, 6) is -0.104. The number of nitrogens with one attached hydrogen (secondary N) is 1. The van der Waals surface area contributed by atoms with E-state index in [0.717, 1.165) is 15.6 Å². The molecule has 0 aliphatic carbocycles. The van der Waals surface area contributed by atoms with Crippen LogP contribution in [0.5, 0.6) is 5.75 Å². The van der Waals surface area contributed by atoms with Gasteiger partial charge in [-0.3, -0.25) is 9.59 Å². The van der Waals surface area contributed by atoms with Gasteiger partial charge in [-0.25, -0.2) is 0 Å². The number of ether oxygens (including phenoxy) is 1. The molecule has 30 heavy (non-hydrogen) atoms. The molecule has 0 saturated heterocycles. The summed E-state index contributed by atoms with van der Waals surface area (Å²) < 4.78 is 6.47. The summed E-state index contributed by atoms with van der Waals surface area (Å²) in [6.07, 6.45) is 0. The number of carbonyl (C=O) groups is 2. The van der Waals surface area contributed by atoms with Crippen molar-refractivity contribution in [2.45, 2.75) is 52.7 Å². The molecule has 0 bridgehead atoms. The van der Waals surface area contributed by atoms with Crippen molar-refractivity contribution in [3.63, 3.8) is 0 Å². The lowest BCUT2D eigenvalue weighted by Gasteiger charge is -2.31. The minimum absolute atomic E-state index is 0.217. The first-order chi connectivity index (χ1) is 14.0. The second-order valence-corrected chi connectivity index (χ2v) is 9.61. The maximum atomic E-state index is 13.1. The van der Waals surface area contributed by atoms with Gasteiger partial charge in [0.05, 0.1) is 5.02 Å². The second-order valence-electron chi connectivity index (χ2n) is 8.29. The van der Waals surface area contributed by atoms with Crippen molar-refractivity contribution in [1.29, 1.82) is 0 Å². The van der Waals surface area contributed by atoms with Crippen LogP contribution in [0.4, 0.5) is 0 Å². The zero-order chi connectivity index (χ0) is 22.5. The van der Waals surface area contributed by atoms with Crippen LogP contribution >= 0.6 is 27.5 Å². The van der Waals surface area contributed by atoms with Gasteiger partial charge in [0.15, 0.2) is 6.61 Å². The fourth-order valence-corrected chi connectivity index (χ4v) is 3.61. The summed E-state index contributed by atoms with van der Waals surface area (Å²) in [5, 5.41) is 3.34. The molecular formula is C23H28BrClN2O3. The van der Waals surface area contributed by atoms with E-state index in [1.807, 2.05) is 52.0 Å². The van der Waals surface area contributed by atoms with E-state index in [9.17, 15) is 9.59 Å². The molecule has 1 atom stereocenters. The van der Waals surface area contributed by atoms with Crippen LogP contribution in [0.3, 0.4) is 0 Å². The smallest absolute Gasteiger partial charge is 0.261 e. The number of carbonyl (C=O) groups excluding carboxylic acids is 2. The van der Waals surface area contributed by atoms with Crippen molar-refractivity contribution in [2.75, 3.05) is 6.61 Å². The van der Waals surface area contributed by atoms with Crippen molar-refractivity contribution in [1.82, 2.24) is 10.2 Å². The molecule has 2 aromatic carbocycles. The van der Waals surface area contributed by atoms with Crippen molar-refractivity contribution in [3.05, 3.63) is 63.1 Å². The Bertz CT molecular complexity index is 912. The van der Waals surface area contributed by atoms with Gasteiger partial charge in [-0.1, -0.05) is 57.4 Å². The molecule has 0 aromatic heterocycles. The Labute approximate surface area is 191 Å². The summed E-state index contributed by atoms with van der Waals surface area (Å²) in [5.41, 5.74) is 1.63. The monoisotopic (exact) mass is 494 g/mol. The van der Waals surface area contributed by atoms with Crippen LogP contribution in [0.25, 0.3) is 0 Å². The lowest BCUT2D eigenvalue weighted by molar-refractivity contribution is -0.142. The van der Waals surface area contributed by atoms with Crippen molar-refractivity contribution in [2.24, 2.45) is 0 Å². The number of nitrogens with zero attached hydrogens (tertiary/aromatic N) is 1. The average molecular weight is 496 g/mol. The fraction of sp³-hybridized carbons (Fsp3) is 0.391. The molecule has 7 heteroatoms. The van der Waals surface area contributed by atoms with E-state index in [0.29, 0.717) is 17.3 Å². The van der Waals surface area contributed by atoms with Crippen molar-refractivity contribution < 1.29 is 14.3 Å². The quantitative estimate of drug-likeness (QED) is 0.580. The van der Waals surface area contributed by atoms with E-state index in [2.05, 4.69) is 21.2 Å². The molecule has 1 N–H and O–H groups in total. The van der Waals surface area contributed by atoms with E-state index >= 15 is 0 Å². The molecule has 0 unspecified atom stereocenters. The van der Waals surface area contributed by atoms with Crippen LogP contribution in [0.1, 0.15) is 38.8 Å². The van der Waals surface area contributed by atoms with Gasteiger partial charge in [0.25, 0.3) is 5.91 Å². The van der Waals surface area contributed by atoms with Crippen LogP contribution in [0, 0.1) is 6.92 Å². The average Bonchev–Trinajstić information content (AvgIpc) is 2.63. The van der Waals surface area contributed by atoms with Crippen LogP contribution < -0.4 is 10.1 Å². The first-order valence-corrected chi connectivity index (χ1v) is 10.9. The number of benzene rings is 2. The van der Waals surface area contributed by atoms with Gasteiger partial charge in [0.1, 0.15) is 11.8 Å². The lowest BCUT2D eigenvalue weighted by Crippen LogP contribution is -2.53. The fourth-order valence-electron chi connectivity index (χ4n) is 2.88. The molecule has 2 aromatic rings. The molecule has 2 amide bonds. The van der Waals surface area contributed by atoms with E-state index in [4.69, 9.17) is 16.3 Å². The van der Waals surface area contributed by atoms with E-state index in [1.54, 1.807) is 25.1 Å². The number of amides is 2. The summed E-state index contributed by atoms with van der Waals surface area (Å²) in [6.45, 7) is 9.51. The Morgan fingerprint density at radius 2 is 1.90 bits per heavy atom. The number of hydrogen-bond acceptors (Lipinski definition) is 3. The number of rotatable bonds is 7. The summed E-state index contributed by atoms with van der Waals surface area (Å²) in [4.78, 5) is 27.3. The van der Waals surface area contributed by atoms with E-state index in [1.165, 1.54) is 4.90 Å². The molecular weight excluding hydrogens is 468 g/mol. The predicted octanol–water partition coefficient (Wildman–Crippen LogP) is 5.12. The van der Waals surface area contributed by atoms with Crippen LogP contribution in [-0.4, -0.2) is 34.9 Å². The van der Waals surface area contributed by atoms with Gasteiger partial charge < -0.3 is 15.0 Å². The molecule has 0 fully saturated rings. The summed E-state index contributed by atoms with van der Waals surface area (Å²) in [7, 11) is 0. The highest BCUT2D eigenvalue weighted by Gasteiger charge is 2.28. The number of halogens is 2. The first-order valence-electron chi connectivity index (χ1n) is 9.71. The SMILES string of the molecule is Cc1cccc(CN(C(=O)COc2ccc(Br)cc2Cl)[C@@H](C)C(=O)NC(C)(C)C)c1. The topological polar surface area (TPSA) is 58.6 Å². The first kappa shape index (κ1) is 24.2. The van der Waals surface area contributed by atoms with Gasteiger partial charge in [-0.15, -0.1) is 0 Å². The Morgan fingerprint density at radius 3 is 2.50 bits per heavy atom. The van der Waals surface area contributed by atoms with Gasteiger partial charge in [-0.2, -0.15) is 0 Å². The van der Waals surface area contributed by atoms with Crippen LogP contribution in [0.15, 0.2) is 46.9 Å². The maximum Gasteiger partial charge on any atom is 0.261 e. The van der Waals surface area contributed by atoms with Gasteiger partial charge in [0.2, 0.25) is 5.91 Å². The third-order valence-electron chi connectivity index (χ3n) is 4.35. The highest BCUT2D eigenvalue weighted by Crippen LogP contribution is 2.27. The summed E-state index contributed by atoms with van der Waals surface area (Å²) in [6, 6.07) is 12.4. The normalized spacial score (nSPS) is 12.2. The molecule has 0 aliphatic heterocycles. The van der Waals surface area contributed by atoms with Crippen molar-refractivity contribution >= 4 is 39.3 Å². The van der Waals surface area contributed by atoms with Crippen LogP contribution in [0.2, 0.25) is 5.02 Å². The molecule has 0 heterocycles. The van der Waals surface area contributed by atoms with Crippen molar-refractivity contribution in [3.8, 4) is 5.75 Å². The molecule has 162 valence electrons.